The van der Waals surface area contributed by atoms with E-state index in [0.29, 0.717) is 18.1 Å². The van der Waals surface area contributed by atoms with Crippen molar-refractivity contribution >= 4 is 28.9 Å². The third-order valence-electron chi connectivity index (χ3n) is 4.09. The van der Waals surface area contributed by atoms with Gasteiger partial charge in [-0.15, -0.1) is 0 Å². The Labute approximate surface area is 153 Å². The molecule has 1 amide bonds. The number of unbranched alkanes of at least 4 members (excludes halogenated alkanes) is 2. The highest BCUT2D eigenvalue weighted by molar-refractivity contribution is 8.18. The van der Waals surface area contributed by atoms with Gasteiger partial charge < -0.3 is 14.4 Å². The van der Waals surface area contributed by atoms with Crippen LogP contribution in [0.4, 0.5) is 0 Å². The summed E-state index contributed by atoms with van der Waals surface area (Å²) in [6.07, 6.45) is 5.35. The Kier molecular flexibility index (Phi) is 6.53. The zero-order valence-corrected chi connectivity index (χ0v) is 15.4. The summed E-state index contributed by atoms with van der Waals surface area (Å²) in [4.78, 5) is 19.1. The van der Waals surface area contributed by atoms with Crippen LogP contribution in [-0.2, 0) is 9.53 Å². The van der Waals surface area contributed by atoms with Gasteiger partial charge in [0.25, 0.3) is 5.91 Å². The van der Waals surface area contributed by atoms with Crippen LogP contribution in [0.15, 0.2) is 34.2 Å². The Morgan fingerprint density at radius 1 is 1.24 bits per heavy atom. The molecule has 0 radical (unpaired) electrons. The number of carbonyl (C=O) groups excluding carboxylic acids is 1. The van der Waals surface area contributed by atoms with Crippen molar-refractivity contribution in [2.75, 3.05) is 32.9 Å². The average Bonchev–Trinajstić information content (AvgIpc) is 3.01. The number of ether oxygens (including phenoxy) is 2. The molecular weight excluding hydrogens is 336 g/mol. The Hall–Kier alpha value is -1.79. The molecule has 2 heterocycles. The number of hydrogen-bond donors (Lipinski definition) is 0. The number of benzene rings is 1. The van der Waals surface area contributed by atoms with Gasteiger partial charge in [0.15, 0.2) is 5.17 Å². The molecule has 0 bridgehead atoms. The Morgan fingerprint density at radius 2 is 2.00 bits per heavy atom. The first-order valence-electron chi connectivity index (χ1n) is 8.84. The Balaban J connectivity index is 1.57. The van der Waals surface area contributed by atoms with Crippen molar-refractivity contribution in [1.82, 2.24) is 4.90 Å². The largest absolute Gasteiger partial charge is 0.494 e. The van der Waals surface area contributed by atoms with Crippen LogP contribution in [0.3, 0.4) is 0 Å². The summed E-state index contributed by atoms with van der Waals surface area (Å²) < 4.78 is 11.1. The number of amidine groups is 1. The van der Waals surface area contributed by atoms with Gasteiger partial charge in [0.1, 0.15) is 5.75 Å². The van der Waals surface area contributed by atoms with Gasteiger partial charge in [0.05, 0.1) is 24.7 Å². The first kappa shape index (κ1) is 18.0. The first-order valence-corrected chi connectivity index (χ1v) is 9.66. The molecule has 2 aliphatic rings. The topological polar surface area (TPSA) is 51.1 Å². The quantitative estimate of drug-likeness (QED) is 0.573. The monoisotopic (exact) mass is 360 g/mol. The molecule has 0 N–H and O–H groups in total. The van der Waals surface area contributed by atoms with Gasteiger partial charge in [-0.1, -0.05) is 31.9 Å². The van der Waals surface area contributed by atoms with Gasteiger partial charge in [0.2, 0.25) is 0 Å². The van der Waals surface area contributed by atoms with Crippen LogP contribution in [0.5, 0.6) is 5.75 Å². The van der Waals surface area contributed by atoms with Crippen LogP contribution >= 0.6 is 11.8 Å². The molecule has 1 saturated heterocycles. The fraction of sp³-hybridized carbons (Fsp3) is 0.474. The van der Waals surface area contributed by atoms with Gasteiger partial charge in [0, 0.05) is 13.1 Å². The third kappa shape index (κ3) is 5.09. The van der Waals surface area contributed by atoms with Gasteiger partial charge >= 0.3 is 0 Å². The summed E-state index contributed by atoms with van der Waals surface area (Å²) in [6, 6.07) is 7.85. The zero-order valence-electron chi connectivity index (χ0n) is 14.6. The normalized spacial score (nSPS) is 19.4. The molecule has 0 atom stereocenters. The Bertz CT molecular complexity index is 649. The summed E-state index contributed by atoms with van der Waals surface area (Å²) in [5.41, 5.74) is 0.982. The van der Waals surface area contributed by atoms with E-state index in [1.165, 1.54) is 24.6 Å². The molecule has 6 heteroatoms. The van der Waals surface area contributed by atoms with E-state index in [1.54, 1.807) is 0 Å². The summed E-state index contributed by atoms with van der Waals surface area (Å²) in [5.74, 6) is 0.709. The molecule has 0 saturated carbocycles. The van der Waals surface area contributed by atoms with E-state index < -0.39 is 0 Å². The van der Waals surface area contributed by atoms with Crippen LogP contribution in [0, 0.1) is 0 Å². The number of nitrogens with zero attached hydrogens (tertiary/aromatic N) is 2. The smallest absolute Gasteiger partial charge is 0.286 e. The molecule has 25 heavy (non-hydrogen) atoms. The predicted octanol–water partition coefficient (Wildman–Crippen LogP) is 3.56. The van der Waals surface area contributed by atoms with Crippen LogP contribution in [-0.4, -0.2) is 48.9 Å². The molecule has 5 nitrogen and oxygen atoms in total. The summed E-state index contributed by atoms with van der Waals surface area (Å²) >= 11 is 1.44. The van der Waals surface area contributed by atoms with Crippen molar-refractivity contribution in [1.29, 1.82) is 0 Å². The van der Waals surface area contributed by atoms with Gasteiger partial charge in [-0.05, 0) is 42.0 Å². The van der Waals surface area contributed by atoms with Gasteiger partial charge in [-0.25, -0.2) is 0 Å². The minimum atomic E-state index is -0.161. The summed E-state index contributed by atoms with van der Waals surface area (Å²) in [6.45, 7) is 5.88. The number of amides is 1. The highest BCUT2D eigenvalue weighted by atomic mass is 32.2. The number of morpholine rings is 1. The van der Waals surface area contributed by atoms with Crippen LogP contribution in [0.25, 0.3) is 6.08 Å². The lowest BCUT2D eigenvalue weighted by atomic mass is 10.2. The lowest BCUT2D eigenvalue weighted by Crippen LogP contribution is -2.38. The van der Waals surface area contributed by atoms with E-state index in [1.807, 2.05) is 30.3 Å². The maximum atomic E-state index is 12.1. The van der Waals surface area contributed by atoms with E-state index in [4.69, 9.17) is 9.47 Å². The number of carbonyl (C=O) groups is 1. The maximum absolute atomic E-state index is 12.1. The minimum absolute atomic E-state index is 0.161. The first-order chi connectivity index (χ1) is 12.3. The standard InChI is InChI=1S/C19H24N2O3S/c1-2-3-4-11-24-16-7-5-15(6-8-16)14-17-18(22)20-19(25-17)21-9-12-23-13-10-21/h5-8,14H,2-4,9-13H2,1H3. The van der Waals surface area contributed by atoms with Crippen LogP contribution in [0.2, 0.25) is 0 Å². The highest BCUT2D eigenvalue weighted by Crippen LogP contribution is 2.30. The van der Waals surface area contributed by atoms with E-state index in [9.17, 15) is 4.79 Å². The fourth-order valence-electron chi connectivity index (χ4n) is 2.64. The number of hydrogen-bond acceptors (Lipinski definition) is 5. The third-order valence-corrected chi connectivity index (χ3v) is 5.13. The second-order valence-electron chi connectivity index (χ2n) is 6.03. The summed E-state index contributed by atoms with van der Waals surface area (Å²) in [7, 11) is 0. The lowest BCUT2D eigenvalue weighted by Gasteiger charge is -2.27. The average molecular weight is 360 g/mol. The minimum Gasteiger partial charge on any atom is -0.494 e. The zero-order chi connectivity index (χ0) is 17.5. The number of aliphatic imine (C=N–C) groups is 1. The molecule has 1 aromatic rings. The van der Waals surface area contributed by atoms with Crippen molar-refractivity contribution < 1.29 is 14.3 Å². The second kappa shape index (κ2) is 9.06. The molecule has 1 fully saturated rings. The second-order valence-corrected chi connectivity index (χ2v) is 7.04. The van der Waals surface area contributed by atoms with Gasteiger partial charge in [-0.2, -0.15) is 4.99 Å². The number of rotatable bonds is 6. The van der Waals surface area contributed by atoms with E-state index in [0.717, 1.165) is 42.6 Å². The highest BCUT2D eigenvalue weighted by Gasteiger charge is 2.27. The Morgan fingerprint density at radius 3 is 2.72 bits per heavy atom. The van der Waals surface area contributed by atoms with Crippen LogP contribution < -0.4 is 4.74 Å². The fourth-order valence-corrected chi connectivity index (χ4v) is 3.61. The predicted molar refractivity (Wildman–Crippen MR) is 102 cm³/mol. The van der Waals surface area contributed by atoms with Crippen molar-refractivity contribution in [3.63, 3.8) is 0 Å². The molecule has 0 aliphatic carbocycles. The lowest BCUT2D eigenvalue weighted by molar-refractivity contribution is -0.113. The van der Waals surface area contributed by atoms with E-state index in [2.05, 4.69) is 16.8 Å². The maximum Gasteiger partial charge on any atom is 0.286 e. The van der Waals surface area contributed by atoms with Gasteiger partial charge in [-0.3, -0.25) is 4.79 Å². The van der Waals surface area contributed by atoms with E-state index in [-0.39, 0.29) is 5.91 Å². The molecule has 2 aliphatic heterocycles. The van der Waals surface area contributed by atoms with Crippen molar-refractivity contribution in [3.05, 3.63) is 34.7 Å². The molecule has 3 rings (SSSR count). The molecule has 1 aromatic carbocycles. The molecule has 0 unspecified atom stereocenters. The van der Waals surface area contributed by atoms with Crippen molar-refractivity contribution in [2.24, 2.45) is 4.99 Å². The molecular formula is C19H24N2O3S. The summed E-state index contributed by atoms with van der Waals surface area (Å²) in [5, 5.41) is 0.787. The van der Waals surface area contributed by atoms with Crippen molar-refractivity contribution in [2.45, 2.75) is 26.2 Å². The van der Waals surface area contributed by atoms with Crippen molar-refractivity contribution in [3.8, 4) is 5.75 Å². The SMILES string of the molecule is CCCCCOc1ccc(C=C2SC(N3CCOCC3)=NC2=O)cc1. The van der Waals surface area contributed by atoms with Crippen LogP contribution in [0.1, 0.15) is 31.7 Å². The molecule has 0 aromatic heterocycles. The van der Waals surface area contributed by atoms with E-state index >= 15 is 0 Å². The molecule has 0 spiro atoms. The molecule has 134 valence electrons. The number of thioether (sulfide) groups is 1.